The van der Waals surface area contributed by atoms with Gasteiger partial charge in [0.25, 0.3) is 0 Å². The summed E-state index contributed by atoms with van der Waals surface area (Å²) < 4.78 is 4.19. The number of nitrogens with zero attached hydrogens (tertiary/aromatic N) is 2. The zero-order chi connectivity index (χ0) is 8.10. The fraction of sp³-hybridized carbons (Fsp3) is 0.714. The first-order valence-electron chi connectivity index (χ1n) is 3.87. The van der Waals surface area contributed by atoms with E-state index in [1.165, 1.54) is 24.4 Å². The van der Waals surface area contributed by atoms with E-state index >= 15 is 0 Å². The SMILES string of the molecule is CCCCc1nsc(NC)n1. The van der Waals surface area contributed by atoms with Gasteiger partial charge in [-0.05, 0) is 6.42 Å². The minimum absolute atomic E-state index is 0.913. The van der Waals surface area contributed by atoms with Crippen molar-refractivity contribution < 1.29 is 0 Å². The molecular weight excluding hydrogens is 158 g/mol. The third kappa shape index (κ3) is 2.46. The summed E-state index contributed by atoms with van der Waals surface area (Å²) in [5.74, 6) is 0.973. The highest BCUT2D eigenvalue weighted by Crippen LogP contribution is 2.10. The Hall–Kier alpha value is -0.640. The van der Waals surface area contributed by atoms with Gasteiger partial charge in [-0.3, -0.25) is 0 Å². The molecule has 0 unspecified atom stereocenters. The van der Waals surface area contributed by atoms with Crippen molar-refractivity contribution in [2.24, 2.45) is 0 Å². The number of anilines is 1. The molecule has 11 heavy (non-hydrogen) atoms. The Morgan fingerprint density at radius 2 is 2.36 bits per heavy atom. The zero-order valence-electron chi connectivity index (χ0n) is 6.92. The van der Waals surface area contributed by atoms with Gasteiger partial charge in [0, 0.05) is 25.0 Å². The number of nitrogens with one attached hydrogen (secondary N) is 1. The first-order chi connectivity index (χ1) is 5.36. The van der Waals surface area contributed by atoms with Crippen LogP contribution in [0, 0.1) is 0 Å². The van der Waals surface area contributed by atoms with Gasteiger partial charge < -0.3 is 5.32 Å². The first kappa shape index (κ1) is 8.46. The molecule has 1 rings (SSSR count). The van der Waals surface area contributed by atoms with Crippen molar-refractivity contribution in [1.29, 1.82) is 0 Å². The Kier molecular flexibility index (Phi) is 3.29. The summed E-state index contributed by atoms with van der Waals surface area (Å²) in [6, 6.07) is 0. The number of aromatic nitrogens is 2. The Bertz CT molecular complexity index is 209. The van der Waals surface area contributed by atoms with Crippen molar-refractivity contribution in [3.05, 3.63) is 5.82 Å². The molecular formula is C7H13N3S. The summed E-state index contributed by atoms with van der Waals surface area (Å²) in [6.07, 6.45) is 3.39. The summed E-state index contributed by atoms with van der Waals surface area (Å²) in [4.78, 5) is 4.26. The normalized spacial score (nSPS) is 10.0. The second-order valence-corrected chi connectivity index (χ2v) is 3.12. The largest absolute Gasteiger partial charge is 0.363 e. The summed E-state index contributed by atoms with van der Waals surface area (Å²) in [5, 5.41) is 3.88. The lowest BCUT2D eigenvalue weighted by atomic mass is 10.2. The van der Waals surface area contributed by atoms with Crippen molar-refractivity contribution in [1.82, 2.24) is 9.36 Å². The molecule has 62 valence electrons. The van der Waals surface area contributed by atoms with Crippen LogP contribution in [0.3, 0.4) is 0 Å². The molecule has 0 bridgehead atoms. The van der Waals surface area contributed by atoms with Crippen LogP contribution in [-0.2, 0) is 6.42 Å². The molecule has 0 radical (unpaired) electrons. The Morgan fingerprint density at radius 1 is 1.55 bits per heavy atom. The number of aryl methyl sites for hydroxylation is 1. The predicted molar refractivity (Wildman–Crippen MR) is 48.1 cm³/mol. The van der Waals surface area contributed by atoms with Crippen LogP contribution in [0.1, 0.15) is 25.6 Å². The van der Waals surface area contributed by atoms with Crippen LogP contribution in [-0.4, -0.2) is 16.4 Å². The lowest BCUT2D eigenvalue weighted by molar-refractivity contribution is 0.765. The van der Waals surface area contributed by atoms with E-state index < -0.39 is 0 Å². The summed E-state index contributed by atoms with van der Waals surface area (Å²) >= 11 is 1.43. The lowest BCUT2D eigenvalue weighted by Gasteiger charge is -1.89. The minimum Gasteiger partial charge on any atom is -0.363 e. The third-order valence-electron chi connectivity index (χ3n) is 1.44. The molecule has 0 fully saturated rings. The molecule has 4 heteroatoms. The molecule has 0 aliphatic carbocycles. The van der Waals surface area contributed by atoms with Gasteiger partial charge in [-0.25, -0.2) is 4.98 Å². The maximum atomic E-state index is 4.26. The van der Waals surface area contributed by atoms with E-state index in [2.05, 4.69) is 21.6 Å². The first-order valence-corrected chi connectivity index (χ1v) is 4.64. The standard InChI is InChI=1S/C7H13N3S/c1-3-4-5-6-9-7(8-2)11-10-6/h3-5H2,1-2H3,(H,8,9,10). The van der Waals surface area contributed by atoms with Gasteiger partial charge in [0.2, 0.25) is 5.13 Å². The number of unbranched alkanes of at least 4 members (excludes halogenated alkanes) is 1. The number of rotatable bonds is 4. The van der Waals surface area contributed by atoms with E-state index in [-0.39, 0.29) is 0 Å². The summed E-state index contributed by atoms with van der Waals surface area (Å²) in [5.41, 5.74) is 0. The van der Waals surface area contributed by atoms with E-state index in [1.807, 2.05) is 7.05 Å². The Balaban J connectivity index is 2.44. The summed E-state index contributed by atoms with van der Waals surface area (Å²) in [7, 11) is 1.87. The van der Waals surface area contributed by atoms with Crippen molar-refractivity contribution in [3.8, 4) is 0 Å². The van der Waals surface area contributed by atoms with Gasteiger partial charge in [-0.2, -0.15) is 4.37 Å². The van der Waals surface area contributed by atoms with Crippen LogP contribution in [0.5, 0.6) is 0 Å². The molecule has 3 nitrogen and oxygen atoms in total. The van der Waals surface area contributed by atoms with Crippen molar-refractivity contribution in [2.75, 3.05) is 12.4 Å². The fourth-order valence-corrected chi connectivity index (χ4v) is 1.35. The van der Waals surface area contributed by atoms with Crippen LogP contribution in [0.15, 0.2) is 0 Å². The molecule has 1 aromatic rings. The van der Waals surface area contributed by atoms with E-state index in [0.29, 0.717) is 0 Å². The quantitative estimate of drug-likeness (QED) is 0.752. The average molecular weight is 171 g/mol. The van der Waals surface area contributed by atoms with Gasteiger partial charge in [-0.15, -0.1) is 0 Å². The Morgan fingerprint density at radius 3 is 2.91 bits per heavy atom. The molecule has 1 aromatic heterocycles. The predicted octanol–water partition coefficient (Wildman–Crippen LogP) is 1.92. The van der Waals surface area contributed by atoms with Gasteiger partial charge in [-0.1, -0.05) is 13.3 Å². The molecule has 0 aliphatic heterocycles. The van der Waals surface area contributed by atoms with Gasteiger partial charge >= 0.3 is 0 Å². The van der Waals surface area contributed by atoms with E-state index in [9.17, 15) is 0 Å². The van der Waals surface area contributed by atoms with E-state index in [4.69, 9.17) is 0 Å². The lowest BCUT2D eigenvalue weighted by Crippen LogP contribution is -1.89. The molecule has 0 aliphatic rings. The van der Waals surface area contributed by atoms with Gasteiger partial charge in [0.15, 0.2) is 0 Å². The van der Waals surface area contributed by atoms with Crippen LogP contribution < -0.4 is 5.32 Å². The molecule has 0 amide bonds. The van der Waals surface area contributed by atoms with Crippen LogP contribution in [0.4, 0.5) is 5.13 Å². The zero-order valence-corrected chi connectivity index (χ0v) is 7.74. The summed E-state index contributed by atoms with van der Waals surface area (Å²) in [6.45, 7) is 2.17. The average Bonchev–Trinajstić information content (AvgIpc) is 2.48. The van der Waals surface area contributed by atoms with E-state index in [1.54, 1.807) is 0 Å². The highest BCUT2D eigenvalue weighted by atomic mass is 32.1. The monoisotopic (exact) mass is 171 g/mol. The highest BCUT2D eigenvalue weighted by molar-refractivity contribution is 7.09. The van der Waals surface area contributed by atoms with Crippen molar-refractivity contribution in [3.63, 3.8) is 0 Å². The van der Waals surface area contributed by atoms with Gasteiger partial charge in [0.1, 0.15) is 5.82 Å². The fourth-order valence-electron chi connectivity index (χ4n) is 0.792. The van der Waals surface area contributed by atoms with Crippen LogP contribution >= 0.6 is 11.5 Å². The Labute approximate surface area is 71.0 Å². The maximum Gasteiger partial charge on any atom is 0.202 e. The smallest absolute Gasteiger partial charge is 0.202 e. The van der Waals surface area contributed by atoms with Crippen LogP contribution in [0.2, 0.25) is 0 Å². The topological polar surface area (TPSA) is 37.8 Å². The van der Waals surface area contributed by atoms with Crippen LogP contribution in [0.25, 0.3) is 0 Å². The second kappa shape index (κ2) is 4.28. The second-order valence-electron chi connectivity index (χ2n) is 2.37. The van der Waals surface area contributed by atoms with E-state index in [0.717, 1.165) is 17.4 Å². The maximum absolute atomic E-state index is 4.26. The molecule has 1 heterocycles. The molecule has 0 atom stereocenters. The highest BCUT2D eigenvalue weighted by Gasteiger charge is 1.99. The van der Waals surface area contributed by atoms with Crippen molar-refractivity contribution >= 4 is 16.7 Å². The molecule has 0 aromatic carbocycles. The third-order valence-corrected chi connectivity index (χ3v) is 2.21. The molecule has 0 saturated heterocycles. The molecule has 1 N–H and O–H groups in total. The number of hydrogen-bond acceptors (Lipinski definition) is 4. The minimum atomic E-state index is 0.913. The van der Waals surface area contributed by atoms with Gasteiger partial charge in [0.05, 0.1) is 0 Å². The van der Waals surface area contributed by atoms with Crippen molar-refractivity contribution in [2.45, 2.75) is 26.2 Å². The molecule has 0 spiro atoms. The molecule has 0 saturated carbocycles. The number of hydrogen-bond donors (Lipinski definition) is 1.